The number of aliphatic hydroxyl groups excluding tert-OH is 1. The molecule has 2 aliphatic heterocycles. The van der Waals surface area contributed by atoms with Gasteiger partial charge in [-0.3, -0.25) is 24.5 Å². The number of aliphatic hydroxyl groups is 1. The Morgan fingerprint density at radius 3 is 2.35 bits per heavy atom. The number of ether oxygens (including phenoxy) is 3. The minimum Gasteiger partial charge on any atom is -0.459 e. The number of anilines is 1. The van der Waals surface area contributed by atoms with Crippen LogP contribution in [-0.4, -0.2) is 63.8 Å². The molecule has 2 aromatic carbocycles. The SMILES string of the molecule is CC(C)(C)OC(=O)[C@@H]1CCCN1C[C@@H]1C[C@H](c2ccc(CO)cc2)O[C@H](c2cccc(NC(=O)CCCCCCC(=O)NO)c2)O1. The zero-order chi connectivity index (χ0) is 33.1. The van der Waals surface area contributed by atoms with E-state index in [1.54, 1.807) is 5.48 Å². The minimum atomic E-state index is -0.697. The number of amides is 2. The Kier molecular flexibility index (Phi) is 13.1. The van der Waals surface area contributed by atoms with Crippen LogP contribution in [0, 0.1) is 0 Å². The van der Waals surface area contributed by atoms with Crippen LogP contribution in [0.1, 0.15) is 108 Å². The van der Waals surface area contributed by atoms with Crippen molar-refractivity contribution in [1.29, 1.82) is 0 Å². The molecule has 2 aliphatic rings. The first-order chi connectivity index (χ1) is 22.0. The quantitative estimate of drug-likeness (QED) is 0.0934. The second kappa shape index (κ2) is 17.0. The zero-order valence-corrected chi connectivity index (χ0v) is 27.2. The molecule has 4 atom stereocenters. The third-order valence-electron chi connectivity index (χ3n) is 8.22. The van der Waals surface area contributed by atoms with Gasteiger partial charge in [-0.05, 0) is 76.3 Å². The Labute approximate surface area is 271 Å². The summed E-state index contributed by atoms with van der Waals surface area (Å²) < 4.78 is 18.8. The van der Waals surface area contributed by atoms with Crippen LogP contribution in [0.5, 0.6) is 0 Å². The standard InChI is InChI=1S/C35H49N3O8/c1-35(2,3)46-33(42)29-12-9-19-38(29)22-28-21-30(25-17-15-24(23-39)16-18-25)45-34(44-28)26-10-8-11-27(20-26)36-31(40)13-6-4-5-7-14-32(41)37-43/h8,10-11,15-18,20,28-30,34,39,43H,4-7,9,12-14,19,21-23H2,1-3H3,(H,36,40)(H,37,41)/t28-,29-,30+,34+/m0/s1. The van der Waals surface area contributed by atoms with E-state index < -0.39 is 17.8 Å². The maximum Gasteiger partial charge on any atom is 0.323 e. The first-order valence-corrected chi connectivity index (χ1v) is 16.3. The van der Waals surface area contributed by atoms with Crippen molar-refractivity contribution in [3.8, 4) is 0 Å². The van der Waals surface area contributed by atoms with Crippen molar-refractivity contribution in [3.05, 3.63) is 65.2 Å². The topological polar surface area (TPSA) is 147 Å². The lowest BCUT2D eigenvalue weighted by Crippen LogP contribution is -2.45. The lowest BCUT2D eigenvalue weighted by Gasteiger charge is -2.38. The Morgan fingerprint density at radius 2 is 1.67 bits per heavy atom. The molecular formula is C35H49N3O8. The molecular weight excluding hydrogens is 590 g/mol. The summed E-state index contributed by atoms with van der Waals surface area (Å²) in [6.07, 6.45) is 4.62. The smallest absolute Gasteiger partial charge is 0.323 e. The molecule has 0 bridgehead atoms. The summed E-state index contributed by atoms with van der Waals surface area (Å²) in [6, 6.07) is 14.9. The van der Waals surface area contributed by atoms with Crippen LogP contribution in [-0.2, 0) is 35.2 Å². The van der Waals surface area contributed by atoms with Crippen LogP contribution < -0.4 is 10.8 Å². The Morgan fingerprint density at radius 1 is 0.957 bits per heavy atom. The van der Waals surface area contributed by atoms with Gasteiger partial charge in [-0.15, -0.1) is 0 Å². The van der Waals surface area contributed by atoms with Crippen molar-refractivity contribution >= 4 is 23.5 Å². The maximum absolute atomic E-state index is 13.0. The molecule has 252 valence electrons. The molecule has 2 aromatic rings. The number of carbonyl (C=O) groups excluding carboxylic acids is 3. The van der Waals surface area contributed by atoms with Crippen molar-refractivity contribution < 1.29 is 38.9 Å². The van der Waals surface area contributed by atoms with Crippen LogP contribution >= 0.6 is 0 Å². The normalized spacial score (nSPS) is 21.9. The Hall–Kier alpha value is -3.35. The maximum atomic E-state index is 13.0. The lowest BCUT2D eigenvalue weighted by molar-refractivity contribution is -0.253. The molecule has 0 spiro atoms. The molecule has 0 unspecified atom stereocenters. The average molecular weight is 640 g/mol. The Balaban J connectivity index is 1.42. The van der Waals surface area contributed by atoms with Crippen LogP contribution in [0.15, 0.2) is 48.5 Å². The summed E-state index contributed by atoms with van der Waals surface area (Å²) in [6.45, 7) is 6.93. The number of hydrogen-bond donors (Lipinski definition) is 4. The highest BCUT2D eigenvalue weighted by atomic mass is 16.7. The third kappa shape index (κ3) is 10.9. The molecule has 2 amide bonds. The molecule has 2 saturated heterocycles. The highest BCUT2D eigenvalue weighted by molar-refractivity contribution is 5.90. The van der Waals surface area contributed by atoms with Gasteiger partial charge >= 0.3 is 5.97 Å². The van der Waals surface area contributed by atoms with Crippen LogP contribution in [0.4, 0.5) is 5.69 Å². The van der Waals surface area contributed by atoms with E-state index in [0.717, 1.165) is 48.9 Å². The van der Waals surface area contributed by atoms with Crippen LogP contribution in [0.3, 0.4) is 0 Å². The van der Waals surface area contributed by atoms with Gasteiger partial charge in [0.25, 0.3) is 0 Å². The van der Waals surface area contributed by atoms with Crippen molar-refractivity contribution in [2.75, 3.05) is 18.4 Å². The van der Waals surface area contributed by atoms with Gasteiger partial charge in [0.2, 0.25) is 11.8 Å². The molecule has 0 radical (unpaired) electrons. The number of unbranched alkanes of at least 4 members (excludes halogenated alkanes) is 3. The van der Waals surface area contributed by atoms with Crippen molar-refractivity contribution in [3.63, 3.8) is 0 Å². The average Bonchev–Trinajstić information content (AvgIpc) is 3.50. The fourth-order valence-corrected chi connectivity index (χ4v) is 5.94. The van der Waals surface area contributed by atoms with E-state index in [2.05, 4.69) is 10.2 Å². The van der Waals surface area contributed by atoms with Gasteiger partial charge in [0, 0.05) is 37.1 Å². The van der Waals surface area contributed by atoms with E-state index in [1.807, 2.05) is 69.3 Å². The predicted molar refractivity (Wildman–Crippen MR) is 172 cm³/mol. The van der Waals surface area contributed by atoms with Gasteiger partial charge in [0.05, 0.1) is 18.8 Å². The minimum absolute atomic E-state index is 0.0386. The second-order valence-electron chi connectivity index (χ2n) is 13.2. The van der Waals surface area contributed by atoms with Gasteiger partial charge in [-0.1, -0.05) is 49.2 Å². The van der Waals surface area contributed by atoms with Crippen LogP contribution in [0.25, 0.3) is 0 Å². The summed E-state index contributed by atoms with van der Waals surface area (Å²) in [7, 11) is 0. The van der Waals surface area contributed by atoms with Gasteiger partial charge in [-0.25, -0.2) is 5.48 Å². The van der Waals surface area contributed by atoms with Crippen molar-refractivity contribution in [2.45, 2.75) is 115 Å². The van der Waals surface area contributed by atoms with E-state index in [0.29, 0.717) is 37.9 Å². The molecule has 4 rings (SSSR count). The van der Waals surface area contributed by atoms with Gasteiger partial charge in [0.15, 0.2) is 6.29 Å². The summed E-state index contributed by atoms with van der Waals surface area (Å²) in [5, 5.41) is 21.1. The summed E-state index contributed by atoms with van der Waals surface area (Å²) in [5.41, 5.74) is 4.28. The monoisotopic (exact) mass is 639 g/mol. The zero-order valence-electron chi connectivity index (χ0n) is 27.2. The van der Waals surface area contributed by atoms with E-state index in [1.165, 1.54) is 0 Å². The molecule has 4 N–H and O–H groups in total. The fraction of sp³-hybridized carbons (Fsp3) is 0.571. The fourth-order valence-electron chi connectivity index (χ4n) is 5.94. The summed E-state index contributed by atoms with van der Waals surface area (Å²) in [5.74, 6) is -0.707. The first kappa shape index (κ1) is 35.5. The number of likely N-dealkylation sites (tertiary alicyclic amines) is 1. The van der Waals surface area contributed by atoms with Crippen molar-refractivity contribution in [1.82, 2.24) is 10.4 Å². The summed E-state index contributed by atoms with van der Waals surface area (Å²) in [4.78, 5) is 38.9. The van der Waals surface area contributed by atoms with E-state index in [4.69, 9.17) is 19.4 Å². The van der Waals surface area contributed by atoms with Crippen molar-refractivity contribution in [2.24, 2.45) is 0 Å². The molecule has 2 heterocycles. The Bertz CT molecular complexity index is 1300. The van der Waals surface area contributed by atoms with E-state index >= 15 is 0 Å². The molecule has 46 heavy (non-hydrogen) atoms. The van der Waals surface area contributed by atoms with Gasteiger partial charge in [-0.2, -0.15) is 0 Å². The molecule has 0 aliphatic carbocycles. The van der Waals surface area contributed by atoms with E-state index in [-0.39, 0.29) is 43.2 Å². The highest BCUT2D eigenvalue weighted by Gasteiger charge is 2.39. The number of esters is 1. The largest absolute Gasteiger partial charge is 0.459 e. The summed E-state index contributed by atoms with van der Waals surface area (Å²) >= 11 is 0. The molecule has 11 heteroatoms. The second-order valence-corrected chi connectivity index (χ2v) is 13.2. The lowest BCUT2D eigenvalue weighted by atomic mass is 9.99. The third-order valence-corrected chi connectivity index (χ3v) is 8.22. The number of hydrogen-bond acceptors (Lipinski definition) is 9. The molecule has 2 fully saturated rings. The number of nitrogens with one attached hydrogen (secondary N) is 2. The van der Waals surface area contributed by atoms with Gasteiger partial charge in [0.1, 0.15) is 11.6 Å². The van der Waals surface area contributed by atoms with E-state index in [9.17, 15) is 19.5 Å². The molecule has 0 saturated carbocycles. The number of hydroxylamine groups is 1. The highest BCUT2D eigenvalue weighted by Crippen LogP contribution is 2.39. The number of carbonyl (C=O) groups is 3. The molecule has 0 aromatic heterocycles. The van der Waals surface area contributed by atoms with Crippen LogP contribution in [0.2, 0.25) is 0 Å². The molecule has 11 nitrogen and oxygen atoms in total. The number of nitrogens with zero attached hydrogens (tertiary/aromatic N) is 1. The van der Waals surface area contributed by atoms with Gasteiger partial charge < -0.3 is 24.6 Å². The first-order valence-electron chi connectivity index (χ1n) is 16.3. The number of benzene rings is 2. The predicted octanol–water partition coefficient (Wildman–Crippen LogP) is 5.31. The number of rotatable bonds is 14.